The van der Waals surface area contributed by atoms with E-state index in [9.17, 15) is 15.0 Å². The summed E-state index contributed by atoms with van der Waals surface area (Å²) in [5.41, 5.74) is 3.47. The number of aliphatic carboxylic acids is 1. The Labute approximate surface area is 248 Å². The highest BCUT2D eigenvalue weighted by Crippen LogP contribution is 2.77. The van der Waals surface area contributed by atoms with Crippen molar-refractivity contribution in [3.8, 4) is 0 Å². The minimum atomic E-state index is -0.616. The Hall–Kier alpha value is -1.87. The van der Waals surface area contributed by atoms with Crippen molar-refractivity contribution in [3.63, 3.8) is 0 Å². The number of allylic oxidation sites excluding steroid dienone is 2. The van der Waals surface area contributed by atoms with Crippen LogP contribution in [-0.2, 0) is 4.79 Å². The number of carboxylic acids is 1. The number of carboxylic acid groups (broad SMARTS) is 1. The van der Waals surface area contributed by atoms with Crippen molar-refractivity contribution in [1.29, 1.82) is 0 Å². The second-order valence-corrected chi connectivity index (χ2v) is 16.4. The summed E-state index contributed by atoms with van der Waals surface area (Å²) in [4.78, 5) is 13.2. The van der Waals surface area contributed by atoms with Crippen LogP contribution >= 0.6 is 0 Å². The summed E-state index contributed by atoms with van der Waals surface area (Å²) >= 11 is 0. The third-order valence-electron chi connectivity index (χ3n) is 15.0. The first-order chi connectivity index (χ1) is 19.2. The Morgan fingerprint density at radius 3 is 2.32 bits per heavy atom. The summed E-state index contributed by atoms with van der Waals surface area (Å²) in [5.74, 6) is 1.40. The fourth-order valence-corrected chi connectivity index (χ4v) is 12.5. The molecule has 5 fully saturated rings. The molecule has 41 heavy (non-hydrogen) atoms. The van der Waals surface area contributed by atoms with E-state index in [2.05, 4.69) is 84.5 Å². The van der Waals surface area contributed by atoms with Crippen molar-refractivity contribution in [1.82, 2.24) is 0 Å². The first kappa shape index (κ1) is 29.2. The molecular weight excluding hydrogens is 504 g/mol. The van der Waals surface area contributed by atoms with Crippen molar-refractivity contribution in [2.45, 2.75) is 112 Å². The van der Waals surface area contributed by atoms with Crippen LogP contribution in [0, 0.1) is 63.6 Å². The van der Waals surface area contributed by atoms with Crippen LogP contribution in [-0.4, -0.2) is 22.3 Å². The Bertz CT molecular complexity index is 1260. The zero-order chi connectivity index (χ0) is 29.6. The average Bonchev–Trinajstić information content (AvgIpc) is 3.32. The van der Waals surface area contributed by atoms with Gasteiger partial charge in [0.25, 0.3) is 0 Å². The SMILES string of the molecule is C=C(/C=C/c1ccccc1C)[C@@H]1CC[C@]2(C(=O)O)CC[C@]3(C)[C@H](CC[C@@H]4[C@@]5(C)CC[C@H](O)C(C)(C)[C@@H]5CC[C@]43C)[C@@H]12. The molecule has 0 heterocycles. The minimum Gasteiger partial charge on any atom is -0.481 e. The molecule has 2 N–H and O–H groups in total. The second kappa shape index (κ2) is 9.57. The summed E-state index contributed by atoms with van der Waals surface area (Å²) < 4.78 is 0. The van der Waals surface area contributed by atoms with Crippen LogP contribution in [0.2, 0.25) is 0 Å². The smallest absolute Gasteiger partial charge is 0.309 e. The molecule has 0 aromatic heterocycles. The number of hydrogen-bond donors (Lipinski definition) is 2. The van der Waals surface area contributed by atoms with Gasteiger partial charge in [0.2, 0.25) is 0 Å². The molecule has 0 aliphatic heterocycles. The fourth-order valence-electron chi connectivity index (χ4n) is 12.5. The Kier molecular flexibility index (Phi) is 6.82. The van der Waals surface area contributed by atoms with Gasteiger partial charge in [-0.05, 0) is 134 Å². The maximum Gasteiger partial charge on any atom is 0.309 e. The van der Waals surface area contributed by atoms with Gasteiger partial charge in [-0.25, -0.2) is 0 Å². The standard InChI is InChI=1S/C38H54O3/c1-24-10-8-9-11-26(24)13-12-25(2)27-16-21-38(33(40)41)23-22-36(6)28(32(27)38)14-15-30-35(5)19-18-31(39)34(3,4)29(35)17-20-37(30,36)7/h8-13,27-32,39H,2,14-23H2,1,3-7H3,(H,40,41)/b13-12+/t27-,28+,29-,30+,31-,32+,35-,36+,37+,38-/m0/s1. The number of hydrogen-bond acceptors (Lipinski definition) is 2. The number of aliphatic hydroxyl groups excluding tert-OH is 1. The molecule has 1 aromatic carbocycles. The molecule has 10 atom stereocenters. The number of aryl methyl sites for hydroxylation is 1. The summed E-state index contributed by atoms with van der Waals surface area (Å²) in [6.45, 7) is 19.1. The van der Waals surface area contributed by atoms with Gasteiger partial charge in [0, 0.05) is 0 Å². The van der Waals surface area contributed by atoms with Crippen LogP contribution < -0.4 is 0 Å². The lowest BCUT2D eigenvalue weighted by atomic mass is 9.32. The normalized spacial score (nSPS) is 46.7. The van der Waals surface area contributed by atoms with Crippen LogP contribution in [0.1, 0.15) is 110 Å². The quantitative estimate of drug-likeness (QED) is 0.362. The van der Waals surface area contributed by atoms with Crippen LogP contribution in [0.5, 0.6) is 0 Å². The lowest BCUT2D eigenvalue weighted by Crippen LogP contribution is -2.67. The van der Waals surface area contributed by atoms with E-state index in [-0.39, 0.29) is 39.6 Å². The third kappa shape index (κ3) is 3.89. The van der Waals surface area contributed by atoms with Gasteiger partial charge >= 0.3 is 5.97 Å². The first-order valence-electron chi connectivity index (χ1n) is 16.6. The Balaban J connectivity index is 1.36. The molecule has 224 valence electrons. The van der Waals surface area contributed by atoms with Gasteiger partial charge in [0.15, 0.2) is 0 Å². The van der Waals surface area contributed by atoms with E-state index in [0.717, 1.165) is 50.5 Å². The van der Waals surface area contributed by atoms with E-state index in [4.69, 9.17) is 0 Å². The molecule has 5 aliphatic rings. The van der Waals surface area contributed by atoms with Crippen LogP contribution in [0.15, 0.2) is 42.5 Å². The molecule has 0 unspecified atom stereocenters. The largest absolute Gasteiger partial charge is 0.481 e. The van der Waals surface area contributed by atoms with E-state index in [0.29, 0.717) is 17.8 Å². The van der Waals surface area contributed by atoms with E-state index in [1.807, 2.05) is 0 Å². The third-order valence-corrected chi connectivity index (χ3v) is 15.0. The van der Waals surface area contributed by atoms with Crippen molar-refractivity contribution in [2.75, 3.05) is 0 Å². The molecule has 0 bridgehead atoms. The summed E-state index contributed by atoms with van der Waals surface area (Å²) in [5, 5.41) is 21.8. The lowest BCUT2D eigenvalue weighted by Gasteiger charge is -2.72. The van der Waals surface area contributed by atoms with E-state index >= 15 is 0 Å². The van der Waals surface area contributed by atoms with E-state index < -0.39 is 11.4 Å². The minimum absolute atomic E-state index is 0.0468. The molecular formula is C38H54O3. The van der Waals surface area contributed by atoms with Crippen molar-refractivity contribution in [2.24, 2.45) is 56.7 Å². The van der Waals surface area contributed by atoms with Crippen LogP contribution in [0.3, 0.4) is 0 Å². The zero-order valence-electron chi connectivity index (χ0n) is 26.5. The molecule has 5 aliphatic carbocycles. The zero-order valence-corrected chi connectivity index (χ0v) is 26.5. The molecule has 3 heteroatoms. The molecule has 0 saturated heterocycles. The number of carbonyl (C=O) groups is 1. The molecule has 0 spiro atoms. The summed E-state index contributed by atoms with van der Waals surface area (Å²) in [6, 6.07) is 8.44. The van der Waals surface area contributed by atoms with Gasteiger partial charge in [0.05, 0.1) is 11.5 Å². The fraction of sp³-hybridized carbons (Fsp3) is 0.711. The highest BCUT2D eigenvalue weighted by atomic mass is 16.4. The number of fused-ring (bicyclic) bond motifs is 7. The molecule has 0 radical (unpaired) electrons. The van der Waals surface area contributed by atoms with Crippen LogP contribution in [0.4, 0.5) is 0 Å². The molecule has 0 amide bonds. The molecule has 6 rings (SSSR count). The van der Waals surface area contributed by atoms with Crippen molar-refractivity contribution in [3.05, 3.63) is 53.6 Å². The van der Waals surface area contributed by atoms with Gasteiger partial charge in [-0.1, -0.05) is 83.2 Å². The summed E-state index contributed by atoms with van der Waals surface area (Å²) in [6.07, 6.45) is 14.5. The predicted octanol–water partition coefficient (Wildman–Crippen LogP) is 9.09. The number of rotatable bonds is 4. The Morgan fingerprint density at radius 1 is 0.878 bits per heavy atom. The number of benzene rings is 1. The highest BCUT2D eigenvalue weighted by molar-refractivity contribution is 5.76. The average molecular weight is 559 g/mol. The highest BCUT2D eigenvalue weighted by Gasteiger charge is 2.72. The number of aliphatic hydroxyl groups is 1. The van der Waals surface area contributed by atoms with Gasteiger partial charge in [-0.3, -0.25) is 4.79 Å². The van der Waals surface area contributed by atoms with Crippen LogP contribution in [0.25, 0.3) is 6.08 Å². The second-order valence-electron chi connectivity index (χ2n) is 16.4. The maximum absolute atomic E-state index is 13.2. The van der Waals surface area contributed by atoms with E-state index in [1.54, 1.807) is 0 Å². The van der Waals surface area contributed by atoms with Gasteiger partial charge < -0.3 is 10.2 Å². The van der Waals surface area contributed by atoms with Crippen molar-refractivity contribution < 1.29 is 15.0 Å². The van der Waals surface area contributed by atoms with Gasteiger partial charge in [0.1, 0.15) is 0 Å². The van der Waals surface area contributed by atoms with Gasteiger partial charge in [-0.15, -0.1) is 0 Å². The maximum atomic E-state index is 13.2. The van der Waals surface area contributed by atoms with E-state index in [1.165, 1.54) is 30.4 Å². The molecule has 1 aromatic rings. The topological polar surface area (TPSA) is 57.5 Å². The lowest BCUT2D eigenvalue weighted by molar-refractivity contribution is -0.248. The molecule has 5 saturated carbocycles. The first-order valence-corrected chi connectivity index (χ1v) is 16.6. The summed E-state index contributed by atoms with van der Waals surface area (Å²) in [7, 11) is 0. The van der Waals surface area contributed by atoms with Crippen molar-refractivity contribution >= 4 is 12.0 Å². The monoisotopic (exact) mass is 558 g/mol. The Morgan fingerprint density at radius 2 is 1.61 bits per heavy atom. The molecule has 3 nitrogen and oxygen atoms in total. The predicted molar refractivity (Wildman–Crippen MR) is 167 cm³/mol. The van der Waals surface area contributed by atoms with Gasteiger partial charge in [-0.2, -0.15) is 0 Å².